The van der Waals surface area contributed by atoms with Crippen molar-refractivity contribution in [3.8, 4) is 0 Å². The van der Waals surface area contributed by atoms with E-state index in [-0.39, 0.29) is 0 Å². The summed E-state index contributed by atoms with van der Waals surface area (Å²) >= 11 is 0. The number of ether oxygens (including phenoxy) is 15. The Bertz CT molecular complexity index is 2490. The number of aliphatic hydroxyl groups excluding tert-OH is 22. The summed E-state index contributed by atoms with van der Waals surface area (Å²) in [5.41, 5.74) is 0. The fourth-order valence-electron chi connectivity index (χ4n) is 12.4. The highest BCUT2D eigenvalue weighted by atomic mass is 16.8. The van der Waals surface area contributed by atoms with Crippen LogP contribution in [-0.4, -0.2) is 422 Å². The molecule has 0 aromatic rings. The van der Waals surface area contributed by atoms with Gasteiger partial charge in [0.25, 0.3) is 0 Å². The molecule has 0 bridgehead atoms. The largest absolute Gasteiger partial charge is 0.394 e. The van der Waals surface area contributed by atoms with Crippen molar-refractivity contribution in [1.82, 2.24) is 16.0 Å². The molecule has 3 amide bonds. The number of nitrogens with one attached hydrogen (secondary N) is 3. The van der Waals surface area contributed by atoms with Crippen molar-refractivity contribution < 1.29 is 198 Å². The lowest BCUT2D eigenvalue weighted by Crippen LogP contribution is -2.71. The Balaban J connectivity index is 1.09. The minimum atomic E-state index is -2.47. The van der Waals surface area contributed by atoms with Crippen LogP contribution in [0.1, 0.15) is 27.7 Å². The number of aliphatic hydroxyl groups is 22. The maximum Gasteiger partial charge on any atom is 0.217 e. The van der Waals surface area contributed by atoms with Crippen molar-refractivity contribution in [2.45, 2.75) is 273 Å². The summed E-state index contributed by atoms with van der Waals surface area (Å²) < 4.78 is 87.7. The van der Waals surface area contributed by atoms with E-state index in [0.29, 0.717) is 0 Å². The average molecular weight is 1420 g/mol. The van der Waals surface area contributed by atoms with E-state index in [2.05, 4.69) is 16.0 Å². The van der Waals surface area contributed by atoms with Crippen molar-refractivity contribution in [3.05, 3.63) is 0 Å². The standard InChI is InChI=1S/C54H91N3O40/c1-12-26(66)34(74)38(78)50(85-12)84-11-22-44(31(71)23(47(82)86-22)55-13(2)63)93-48-24(56-14(3)64)32(72)43(20(9-62)90-48)95-53-41(81)45(30(70)21(92-53)10-83-51-39(79)35(75)27(67)16(5-58)87-51)96-54-46(37(77)29(69)18(7-60)89-54)97-49-25(57-15(4)65)33(73)42(19(8-61)91-49)94-52-40(80)36(76)28(68)17(6-59)88-52/h12,16-54,58-62,66-82H,5-11H2,1-4H3,(H,55,63)(H,56,64)(H,57,65)/t12-,16-,17-,18-,19-,20-,21-,22-,23-,24-,25-,26+,27-,28+,29-,30-,31-,32-,33-,34+,35+,36+,37+,38-,39+,40-,41+,42-,43-,44-,45+,46+,47+,48-,49+,50-,51+,52+,53+,54-/m1/s1. The van der Waals surface area contributed by atoms with E-state index in [9.17, 15) is 127 Å². The third kappa shape index (κ3) is 17.6. The molecular weight excluding hydrogens is 1330 g/mol. The van der Waals surface area contributed by atoms with E-state index in [4.69, 9.17) is 71.1 Å². The van der Waals surface area contributed by atoms with Crippen LogP contribution in [0.15, 0.2) is 0 Å². The van der Waals surface area contributed by atoms with Gasteiger partial charge < -0.3 is 199 Å². The summed E-state index contributed by atoms with van der Waals surface area (Å²) in [4.78, 5) is 38.1. The van der Waals surface area contributed by atoms with Crippen LogP contribution in [-0.2, 0) is 85.4 Å². The summed E-state index contributed by atoms with van der Waals surface area (Å²) in [6.45, 7) is -2.78. The lowest BCUT2D eigenvalue weighted by molar-refractivity contribution is -0.397. The fraction of sp³-hybridized carbons (Fsp3) is 0.944. The van der Waals surface area contributed by atoms with Gasteiger partial charge in [-0.05, 0) is 6.92 Å². The van der Waals surface area contributed by atoms with Crippen LogP contribution in [0, 0.1) is 0 Å². The van der Waals surface area contributed by atoms with Crippen molar-refractivity contribution in [3.63, 3.8) is 0 Å². The van der Waals surface area contributed by atoms with Crippen molar-refractivity contribution in [2.24, 2.45) is 0 Å². The second-order valence-corrected chi connectivity index (χ2v) is 24.6. The van der Waals surface area contributed by atoms with Gasteiger partial charge >= 0.3 is 0 Å². The van der Waals surface area contributed by atoms with Crippen LogP contribution >= 0.6 is 0 Å². The number of amides is 3. The van der Waals surface area contributed by atoms with Gasteiger partial charge in [-0.2, -0.15) is 0 Å². The Hall–Kier alpha value is -3.07. The second kappa shape index (κ2) is 34.5. The molecule has 0 aliphatic carbocycles. The third-order valence-electron chi connectivity index (χ3n) is 17.8. The zero-order valence-electron chi connectivity index (χ0n) is 52.2. The van der Waals surface area contributed by atoms with E-state index >= 15 is 0 Å². The first kappa shape index (κ1) is 79.6. The minimum absolute atomic E-state index is 0.795. The van der Waals surface area contributed by atoms with Gasteiger partial charge in [-0.1, -0.05) is 0 Å². The average Bonchev–Trinajstić information content (AvgIpc) is 0.799. The molecule has 8 aliphatic heterocycles. The van der Waals surface area contributed by atoms with Crippen LogP contribution in [0.3, 0.4) is 0 Å². The molecule has 0 unspecified atom stereocenters. The smallest absolute Gasteiger partial charge is 0.217 e. The van der Waals surface area contributed by atoms with Gasteiger partial charge in [-0.25, -0.2) is 0 Å². The summed E-state index contributed by atoms with van der Waals surface area (Å²) in [6, 6.07) is -5.49. The van der Waals surface area contributed by atoms with Gasteiger partial charge in [0, 0.05) is 20.8 Å². The Morgan fingerprint density at radius 1 is 0.289 bits per heavy atom. The first-order valence-corrected chi connectivity index (χ1v) is 31.0. The van der Waals surface area contributed by atoms with Gasteiger partial charge in [-0.15, -0.1) is 0 Å². The summed E-state index contributed by atoms with van der Waals surface area (Å²) in [5, 5.41) is 248. The van der Waals surface area contributed by atoms with Gasteiger partial charge in [0.15, 0.2) is 50.3 Å². The van der Waals surface area contributed by atoms with Crippen molar-refractivity contribution >= 4 is 17.7 Å². The van der Waals surface area contributed by atoms with Gasteiger partial charge in [0.2, 0.25) is 17.7 Å². The predicted octanol–water partition coefficient (Wildman–Crippen LogP) is -17.0. The van der Waals surface area contributed by atoms with E-state index in [1.165, 1.54) is 6.92 Å². The number of carbonyl (C=O) groups is 3. The monoisotopic (exact) mass is 1420 g/mol. The normalized spacial score (nSPS) is 49.9. The van der Waals surface area contributed by atoms with Crippen LogP contribution < -0.4 is 16.0 Å². The zero-order valence-corrected chi connectivity index (χ0v) is 52.2. The maximum atomic E-state index is 13.0. The molecule has 0 spiro atoms. The maximum absolute atomic E-state index is 13.0. The molecule has 43 heteroatoms. The minimum Gasteiger partial charge on any atom is -0.394 e. The second-order valence-electron chi connectivity index (χ2n) is 24.6. The lowest BCUT2D eigenvalue weighted by atomic mass is 9.93. The van der Waals surface area contributed by atoms with Crippen LogP contribution in [0.4, 0.5) is 0 Å². The topological polar surface area (TPSA) is 671 Å². The molecule has 0 aromatic carbocycles. The van der Waals surface area contributed by atoms with Crippen LogP contribution in [0.25, 0.3) is 0 Å². The Labute approximate surface area is 549 Å². The molecule has 8 saturated heterocycles. The molecule has 8 heterocycles. The van der Waals surface area contributed by atoms with E-state index in [1.54, 1.807) is 0 Å². The van der Waals surface area contributed by atoms with Crippen LogP contribution in [0.5, 0.6) is 0 Å². The Kier molecular flexibility index (Phi) is 28.3. The van der Waals surface area contributed by atoms with Gasteiger partial charge in [0.1, 0.15) is 189 Å². The van der Waals surface area contributed by atoms with Gasteiger partial charge in [-0.3, -0.25) is 14.4 Å². The fourth-order valence-corrected chi connectivity index (χ4v) is 12.4. The predicted molar refractivity (Wildman–Crippen MR) is 298 cm³/mol. The molecule has 43 nitrogen and oxygen atoms in total. The number of hydrogen-bond donors (Lipinski definition) is 25. The molecule has 0 radical (unpaired) electrons. The molecule has 25 N–H and O–H groups in total. The van der Waals surface area contributed by atoms with Crippen molar-refractivity contribution in [2.75, 3.05) is 46.2 Å². The van der Waals surface area contributed by atoms with Gasteiger partial charge in [0.05, 0.1) is 52.4 Å². The lowest BCUT2D eigenvalue weighted by Gasteiger charge is -2.51. The highest BCUT2D eigenvalue weighted by Crippen LogP contribution is 2.39. The van der Waals surface area contributed by atoms with E-state index < -0.39 is 309 Å². The SMILES string of the molecule is CC(=O)N[C@@H]1[C@@H](O)[C@H](O[C@H]2O[C@H](CO)[C@@H](O[C@@H]3O[C@H](CO[C@H]4O[C@H](CO)[C@@H](O)[C@H](O)[C@@H]4O)[C@@H](O)[C@H](O[C@H]4O[C@H](CO)[C@@H](O)[C@H](O)[C@@H]4O[C@@H]4O[C@H](CO)[C@@H](O[C@@H]5O[C@H](CO)[C@H](O)[C@H](O)[C@H]5O)[C@H](O)[C@H]4NC(C)=O)[C@@H]3O)[C@H](O)[C@H]2NC(C)=O)[C@@H](CO[C@@H]2O[C@H](C)[C@H](O)[C@H](O)[C@H]2O)O[C@@H]1O. The molecule has 562 valence electrons. The first-order chi connectivity index (χ1) is 45.8. The molecule has 8 fully saturated rings. The number of carbonyl (C=O) groups excluding carboxylic acids is 3. The summed E-state index contributed by atoms with van der Waals surface area (Å²) in [6.07, 6.45) is -73.0. The summed E-state index contributed by atoms with van der Waals surface area (Å²) in [5.74, 6) is -2.64. The third-order valence-corrected chi connectivity index (χ3v) is 17.8. The molecule has 8 rings (SSSR count). The molecule has 40 atom stereocenters. The molecule has 0 aromatic heterocycles. The molecular formula is C54H91N3O40. The van der Waals surface area contributed by atoms with E-state index in [0.717, 1.165) is 20.8 Å². The number of hydrogen-bond acceptors (Lipinski definition) is 40. The number of rotatable bonds is 24. The van der Waals surface area contributed by atoms with E-state index in [1.807, 2.05) is 0 Å². The Morgan fingerprint density at radius 3 is 1.09 bits per heavy atom. The summed E-state index contributed by atoms with van der Waals surface area (Å²) in [7, 11) is 0. The molecule has 97 heavy (non-hydrogen) atoms. The quantitative estimate of drug-likeness (QED) is 0.0427. The highest BCUT2D eigenvalue weighted by molar-refractivity contribution is 5.74. The van der Waals surface area contributed by atoms with Crippen molar-refractivity contribution in [1.29, 1.82) is 0 Å². The molecule has 0 saturated carbocycles. The molecule has 8 aliphatic rings. The Morgan fingerprint density at radius 2 is 0.619 bits per heavy atom. The first-order valence-electron chi connectivity index (χ1n) is 31.0. The zero-order chi connectivity index (χ0) is 71.5. The van der Waals surface area contributed by atoms with Crippen LogP contribution in [0.2, 0.25) is 0 Å². The highest BCUT2D eigenvalue weighted by Gasteiger charge is 2.60.